The maximum Gasteiger partial charge on any atom is 0.251 e. The third-order valence-corrected chi connectivity index (χ3v) is 3.68. The maximum atomic E-state index is 12.3. The Kier molecular flexibility index (Phi) is 6.28. The van der Waals surface area contributed by atoms with Crippen molar-refractivity contribution in [2.45, 2.75) is 25.8 Å². The number of carbonyl (C=O) groups excluding carboxylic acids is 3. The molecule has 0 saturated heterocycles. The van der Waals surface area contributed by atoms with Crippen LogP contribution in [0.3, 0.4) is 0 Å². The number of benzene rings is 2. The molecule has 6 nitrogen and oxygen atoms in total. The van der Waals surface area contributed by atoms with Crippen LogP contribution in [0.5, 0.6) is 0 Å². The maximum absolute atomic E-state index is 12.3. The number of nitrogens with one attached hydrogen (secondary N) is 2. The molecule has 0 spiro atoms. The normalized spacial score (nSPS) is 11.4. The minimum absolute atomic E-state index is 0.188. The number of carbonyl (C=O) groups is 3. The second-order valence-electron chi connectivity index (χ2n) is 5.71. The molecule has 2 aromatic rings. The molecule has 0 bridgehead atoms. The van der Waals surface area contributed by atoms with Crippen molar-refractivity contribution < 1.29 is 14.4 Å². The van der Waals surface area contributed by atoms with Gasteiger partial charge in [0, 0.05) is 18.2 Å². The molecule has 0 aliphatic rings. The molecule has 0 saturated carbocycles. The fourth-order valence-electron chi connectivity index (χ4n) is 2.39. The summed E-state index contributed by atoms with van der Waals surface area (Å²) in [6, 6.07) is 15.3. The minimum atomic E-state index is -0.747. The molecule has 3 amide bonds. The zero-order valence-electron chi connectivity index (χ0n) is 14.0. The number of anilines is 1. The van der Waals surface area contributed by atoms with Gasteiger partial charge in [0.25, 0.3) is 5.91 Å². The molecule has 4 N–H and O–H groups in total. The smallest absolute Gasteiger partial charge is 0.251 e. The number of nitrogens with two attached hydrogens (primary N) is 1. The van der Waals surface area contributed by atoms with Gasteiger partial charge in [0.1, 0.15) is 6.04 Å². The van der Waals surface area contributed by atoms with Crippen molar-refractivity contribution in [2.24, 2.45) is 5.73 Å². The SMILES string of the molecule is CC(=O)Nc1ccc(C(=O)N[C@@H](CCc2ccccc2)C(N)=O)cc1. The van der Waals surface area contributed by atoms with Crippen LogP contribution in [0.15, 0.2) is 54.6 Å². The molecular weight excluding hydrogens is 318 g/mol. The Bertz CT molecular complexity index is 742. The highest BCUT2D eigenvalue weighted by Crippen LogP contribution is 2.11. The van der Waals surface area contributed by atoms with Crippen LogP contribution in [0, 0.1) is 0 Å². The molecule has 0 aromatic heterocycles. The molecule has 0 unspecified atom stereocenters. The van der Waals surface area contributed by atoms with Gasteiger partial charge in [-0.15, -0.1) is 0 Å². The predicted octanol–water partition coefficient (Wildman–Crippen LogP) is 1.86. The first-order valence-electron chi connectivity index (χ1n) is 7.97. The highest BCUT2D eigenvalue weighted by atomic mass is 16.2. The van der Waals surface area contributed by atoms with E-state index in [0.29, 0.717) is 24.1 Å². The Labute approximate surface area is 146 Å². The zero-order valence-corrected chi connectivity index (χ0v) is 14.0. The zero-order chi connectivity index (χ0) is 18.2. The average molecular weight is 339 g/mol. The van der Waals surface area contributed by atoms with Crippen molar-refractivity contribution in [1.82, 2.24) is 5.32 Å². The summed E-state index contributed by atoms with van der Waals surface area (Å²) in [6.07, 6.45) is 1.06. The summed E-state index contributed by atoms with van der Waals surface area (Å²) in [4.78, 5) is 34.9. The Balaban J connectivity index is 1.97. The predicted molar refractivity (Wildman–Crippen MR) is 96.0 cm³/mol. The number of amides is 3. The minimum Gasteiger partial charge on any atom is -0.368 e. The lowest BCUT2D eigenvalue weighted by Crippen LogP contribution is -2.44. The molecule has 6 heteroatoms. The van der Waals surface area contributed by atoms with E-state index in [1.165, 1.54) is 6.92 Å². The van der Waals surface area contributed by atoms with E-state index in [0.717, 1.165) is 5.56 Å². The van der Waals surface area contributed by atoms with E-state index in [4.69, 9.17) is 5.73 Å². The summed E-state index contributed by atoms with van der Waals surface area (Å²) in [5.41, 5.74) is 7.46. The molecular formula is C19H21N3O3. The van der Waals surface area contributed by atoms with Crippen LogP contribution in [-0.2, 0) is 16.0 Å². The molecule has 130 valence electrons. The highest BCUT2D eigenvalue weighted by molar-refractivity contribution is 5.98. The van der Waals surface area contributed by atoms with Gasteiger partial charge >= 0.3 is 0 Å². The number of hydrogen-bond donors (Lipinski definition) is 3. The van der Waals surface area contributed by atoms with Crippen LogP contribution in [0.2, 0.25) is 0 Å². The lowest BCUT2D eigenvalue weighted by molar-refractivity contribution is -0.120. The highest BCUT2D eigenvalue weighted by Gasteiger charge is 2.18. The first-order valence-corrected chi connectivity index (χ1v) is 7.97. The number of hydrogen-bond acceptors (Lipinski definition) is 3. The summed E-state index contributed by atoms with van der Waals surface area (Å²) in [5, 5.41) is 5.29. The molecule has 0 fully saturated rings. The van der Waals surface area contributed by atoms with Gasteiger partial charge in [-0.1, -0.05) is 30.3 Å². The number of aryl methyl sites for hydroxylation is 1. The number of primary amides is 1. The van der Waals surface area contributed by atoms with E-state index in [9.17, 15) is 14.4 Å². The van der Waals surface area contributed by atoms with E-state index in [1.807, 2.05) is 30.3 Å². The van der Waals surface area contributed by atoms with Crippen LogP contribution >= 0.6 is 0 Å². The molecule has 0 aliphatic heterocycles. The summed E-state index contributed by atoms with van der Waals surface area (Å²) in [6.45, 7) is 1.41. The van der Waals surface area contributed by atoms with E-state index in [2.05, 4.69) is 10.6 Å². The van der Waals surface area contributed by atoms with Crippen molar-refractivity contribution in [3.05, 3.63) is 65.7 Å². The molecule has 0 heterocycles. The Morgan fingerprint density at radius 2 is 1.64 bits per heavy atom. The van der Waals surface area contributed by atoms with E-state index < -0.39 is 11.9 Å². The Hall–Kier alpha value is -3.15. The first-order chi connectivity index (χ1) is 12.0. The summed E-state index contributed by atoms with van der Waals surface area (Å²) in [5.74, 6) is -1.14. The Morgan fingerprint density at radius 1 is 1.00 bits per heavy atom. The quantitative estimate of drug-likeness (QED) is 0.717. The molecule has 25 heavy (non-hydrogen) atoms. The fourth-order valence-corrected chi connectivity index (χ4v) is 2.39. The van der Waals surface area contributed by atoms with Crippen LogP contribution < -0.4 is 16.4 Å². The first kappa shape index (κ1) is 18.2. The lowest BCUT2D eigenvalue weighted by atomic mass is 10.0. The standard InChI is InChI=1S/C19H21N3O3/c1-13(23)21-16-10-8-15(9-11-16)19(25)22-17(18(20)24)12-7-14-5-3-2-4-6-14/h2-6,8-11,17H,7,12H2,1H3,(H2,20,24)(H,21,23)(H,22,25)/t17-/m0/s1. The molecule has 2 aromatic carbocycles. The summed E-state index contributed by atoms with van der Waals surface area (Å²) < 4.78 is 0. The Morgan fingerprint density at radius 3 is 2.20 bits per heavy atom. The van der Waals surface area contributed by atoms with Gasteiger partial charge in [-0.05, 0) is 42.7 Å². The third-order valence-electron chi connectivity index (χ3n) is 3.68. The van der Waals surface area contributed by atoms with Crippen molar-refractivity contribution in [2.75, 3.05) is 5.32 Å². The van der Waals surface area contributed by atoms with Gasteiger partial charge in [0.2, 0.25) is 11.8 Å². The van der Waals surface area contributed by atoms with E-state index in [1.54, 1.807) is 24.3 Å². The van der Waals surface area contributed by atoms with E-state index in [-0.39, 0.29) is 11.8 Å². The average Bonchev–Trinajstić information content (AvgIpc) is 2.59. The van der Waals surface area contributed by atoms with E-state index >= 15 is 0 Å². The van der Waals surface area contributed by atoms with Gasteiger partial charge in [-0.2, -0.15) is 0 Å². The summed E-state index contributed by atoms with van der Waals surface area (Å²) >= 11 is 0. The molecule has 0 aliphatic carbocycles. The topological polar surface area (TPSA) is 101 Å². The van der Waals surface area contributed by atoms with Gasteiger partial charge in [0.05, 0.1) is 0 Å². The van der Waals surface area contributed by atoms with Gasteiger partial charge < -0.3 is 16.4 Å². The summed E-state index contributed by atoms with van der Waals surface area (Å²) in [7, 11) is 0. The molecule has 1 atom stereocenters. The fraction of sp³-hybridized carbons (Fsp3) is 0.211. The van der Waals surface area contributed by atoms with Crippen molar-refractivity contribution >= 4 is 23.4 Å². The van der Waals surface area contributed by atoms with Gasteiger partial charge in [0.15, 0.2) is 0 Å². The second kappa shape index (κ2) is 8.63. The van der Waals surface area contributed by atoms with Gasteiger partial charge in [-0.3, -0.25) is 14.4 Å². The second-order valence-corrected chi connectivity index (χ2v) is 5.71. The molecule has 0 radical (unpaired) electrons. The largest absolute Gasteiger partial charge is 0.368 e. The van der Waals surface area contributed by atoms with Crippen LogP contribution in [0.1, 0.15) is 29.3 Å². The van der Waals surface area contributed by atoms with Crippen molar-refractivity contribution in [3.8, 4) is 0 Å². The van der Waals surface area contributed by atoms with Gasteiger partial charge in [-0.25, -0.2) is 0 Å². The van der Waals surface area contributed by atoms with Crippen molar-refractivity contribution in [3.63, 3.8) is 0 Å². The van der Waals surface area contributed by atoms with Crippen LogP contribution in [0.4, 0.5) is 5.69 Å². The van der Waals surface area contributed by atoms with Crippen molar-refractivity contribution in [1.29, 1.82) is 0 Å². The lowest BCUT2D eigenvalue weighted by Gasteiger charge is -2.15. The number of rotatable bonds is 7. The van der Waals surface area contributed by atoms with Crippen LogP contribution in [0.25, 0.3) is 0 Å². The molecule has 2 rings (SSSR count). The third kappa shape index (κ3) is 5.76. The monoisotopic (exact) mass is 339 g/mol. The van der Waals surface area contributed by atoms with Crippen LogP contribution in [-0.4, -0.2) is 23.8 Å².